The van der Waals surface area contributed by atoms with E-state index in [0.29, 0.717) is 13.2 Å². The maximum atomic E-state index is 11.1. The van der Waals surface area contributed by atoms with E-state index in [1.54, 1.807) is 0 Å². The molecule has 0 bridgehead atoms. The lowest BCUT2D eigenvalue weighted by atomic mass is 10.4. The summed E-state index contributed by atoms with van der Waals surface area (Å²) in [6, 6.07) is 0.0314. The van der Waals surface area contributed by atoms with Gasteiger partial charge in [-0.05, 0) is 27.7 Å². The van der Waals surface area contributed by atoms with E-state index >= 15 is 0 Å². The van der Waals surface area contributed by atoms with E-state index in [1.807, 2.05) is 27.7 Å². The van der Waals surface area contributed by atoms with Gasteiger partial charge in [-0.15, -0.1) is 0 Å². The minimum absolute atomic E-state index is 0.0721. The van der Waals surface area contributed by atoms with Gasteiger partial charge in [0.05, 0.1) is 6.10 Å². The zero-order valence-corrected chi connectivity index (χ0v) is 8.89. The number of ether oxygens (including phenoxy) is 1. The molecule has 2 N–H and O–H groups in total. The minimum Gasteiger partial charge on any atom is -0.377 e. The molecule has 4 heteroatoms. The van der Waals surface area contributed by atoms with Crippen LogP contribution in [0, 0.1) is 0 Å². The topological polar surface area (TPSA) is 50.4 Å². The molecule has 0 saturated heterocycles. The van der Waals surface area contributed by atoms with E-state index in [-0.39, 0.29) is 18.2 Å². The van der Waals surface area contributed by atoms with Gasteiger partial charge in [0.2, 0.25) is 0 Å². The van der Waals surface area contributed by atoms with Crippen LogP contribution < -0.4 is 10.6 Å². The largest absolute Gasteiger partial charge is 0.377 e. The summed E-state index contributed by atoms with van der Waals surface area (Å²) in [4.78, 5) is 11.1. The van der Waals surface area contributed by atoms with Crippen LogP contribution in [0.2, 0.25) is 0 Å². The highest BCUT2D eigenvalue weighted by molar-refractivity contribution is 5.74. The van der Waals surface area contributed by atoms with Gasteiger partial charge in [-0.2, -0.15) is 0 Å². The fourth-order valence-corrected chi connectivity index (χ4v) is 0.893. The molecule has 0 spiro atoms. The molecule has 0 aromatic rings. The zero-order valence-electron chi connectivity index (χ0n) is 8.89. The highest BCUT2D eigenvalue weighted by Crippen LogP contribution is 1.87. The third-order valence-electron chi connectivity index (χ3n) is 1.42. The van der Waals surface area contributed by atoms with Crippen LogP contribution in [-0.4, -0.2) is 31.3 Å². The van der Waals surface area contributed by atoms with Gasteiger partial charge in [-0.1, -0.05) is 0 Å². The van der Waals surface area contributed by atoms with E-state index in [1.165, 1.54) is 0 Å². The Morgan fingerprint density at radius 3 is 2.46 bits per heavy atom. The molecule has 0 radical (unpaired) electrons. The van der Waals surface area contributed by atoms with Gasteiger partial charge in [0.25, 0.3) is 0 Å². The van der Waals surface area contributed by atoms with Crippen molar-refractivity contribution in [2.45, 2.75) is 39.8 Å². The van der Waals surface area contributed by atoms with Gasteiger partial charge < -0.3 is 15.4 Å². The first-order valence-corrected chi connectivity index (χ1v) is 4.72. The zero-order chi connectivity index (χ0) is 10.3. The molecular weight excluding hydrogens is 168 g/mol. The maximum Gasteiger partial charge on any atom is 0.315 e. The molecule has 78 valence electrons. The molecule has 0 heterocycles. The van der Waals surface area contributed by atoms with Crippen LogP contribution in [-0.2, 0) is 4.74 Å². The Hall–Kier alpha value is -0.770. The summed E-state index contributed by atoms with van der Waals surface area (Å²) in [6.07, 6.45) is 0.0721. The lowest BCUT2D eigenvalue weighted by Gasteiger charge is -2.14. The molecular formula is C9H20N2O2. The van der Waals surface area contributed by atoms with Crippen LogP contribution in [0.25, 0.3) is 0 Å². The van der Waals surface area contributed by atoms with Gasteiger partial charge in [-0.25, -0.2) is 4.79 Å². The van der Waals surface area contributed by atoms with Crippen molar-refractivity contribution in [3.05, 3.63) is 0 Å². The quantitative estimate of drug-likeness (QED) is 0.679. The predicted molar refractivity (Wildman–Crippen MR) is 52.8 cm³/mol. The second-order valence-corrected chi connectivity index (χ2v) is 3.28. The molecule has 0 fully saturated rings. The molecule has 0 saturated carbocycles. The van der Waals surface area contributed by atoms with Crippen LogP contribution in [0.15, 0.2) is 0 Å². The molecule has 1 unspecified atom stereocenters. The Kier molecular flexibility index (Phi) is 6.32. The maximum absolute atomic E-state index is 11.1. The Morgan fingerprint density at radius 1 is 1.38 bits per heavy atom. The summed E-state index contributed by atoms with van der Waals surface area (Å²) in [5.41, 5.74) is 0. The number of hydrogen-bond donors (Lipinski definition) is 2. The number of hydrogen-bond acceptors (Lipinski definition) is 2. The average Bonchev–Trinajstić information content (AvgIpc) is 2.00. The molecule has 0 rings (SSSR count). The molecule has 0 aromatic carbocycles. The first-order valence-electron chi connectivity index (χ1n) is 4.72. The highest BCUT2D eigenvalue weighted by atomic mass is 16.5. The van der Waals surface area contributed by atoms with E-state index in [2.05, 4.69) is 10.6 Å². The van der Waals surface area contributed by atoms with Crippen LogP contribution in [0.5, 0.6) is 0 Å². The molecule has 0 aromatic heterocycles. The van der Waals surface area contributed by atoms with E-state index in [0.717, 1.165) is 0 Å². The van der Waals surface area contributed by atoms with Crippen LogP contribution in [0.1, 0.15) is 27.7 Å². The van der Waals surface area contributed by atoms with Gasteiger partial charge in [0.15, 0.2) is 0 Å². The first-order chi connectivity index (χ1) is 6.06. The van der Waals surface area contributed by atoms with Crippen molar-refractivity contribution in [1.29, 1.82) is 0 Å². The molecule has 0 aliphatic rings. The Morgan fingerprint density at radius 2 is 2.00 bits per heavy atom. The Bertz CT molecular complexity index is 149. The summed E-state index contributed by atoms with van der Waals surface area (Å²) in [5, 5.41) is 5.46. The average molecular weight is 188 g/mol. The third kappa shape index (κ3) is 7.59. The number of urea groups is 1. The predicted octanol–water partition coefficient (Wildman–Crippen LogP) is 1.12. The smallest absolute Gasteiger partial charge is 0.315 e. The highest BCUT2D eigenvalue weighted by Gasteiger charge is 2.04. The number of rotatable bonds is 5. The molecule has 4 nitrogen and oxygen atoms in total. The Balaban J connectivity index is 3.46. The van der Waals surface area contributed by atoms with Crippen molar-refractivity contribution in [2.24, 2.45) is 0 Å². The van der Waals surface area contributed by atoms with Crippen LogP contribution >= 0.6 is 0 Å². The second kappa shape index (κ2) is 6.71. The van der Waals surface area contributed by atoms with E-state index in [9.17, 15) is 4.79 Å². The normalized spacial score (nSPS) is 12.7. The summed E-state index contributed by atoms with van der Waals surface area (Å²) < 4.78 is 5.25. The van der Waals surface area contributed by atoms with Crippen molar-refractivity contribution >= 4 is 6.03 Å². The lowest BCUT2D eigenvalue weighted by Crippen LogP contribution is -2.42. The first kappa shape index (κ1) is 12.2. The van der Waals surface area contributed by atoms with Gasteiger partial charge in [-0.3, -0.25) is 0 Å². The van der Waals surface area contributed by atoms with Gasteiger partial charge in [0.1, 0.15) is 0 Å². The summed E-state index contributed by atoms with van der Waals surface area (Å²) >= 11 is 0. The molecule has 0 aliphatic heterocycles. The van der Waals surface area contributed by atoms with Gasteiger partial charge in [0, 0.05) is 19.2 Å². The molecule has 2 amide bonds. The second-order valence-electron chi connectivity index (χ2n) is 3.28. The van der Waals surface area contributed by atoms with Crippen molar-refractivity contribution < 1.29 is 9.53 Å². The van der Waals surface area contributed by atoms with Crippen molar-refractivity contribution in [2.75, 3.05) is 13.2 Å². The molecule has 13 heavy (non-hydrogen) atoms. The van der Waals surface area contributed by atoms with Crippen LogP contribution in [0.4, 0.5) is 4.79 Å². The summed E-state index contributed by atoms with van der Waals surface area (Å²) in [5.74, 6) is 0. The summed E-state index contributed by atoms with van der Waals surface area (Å²) in [6.45, 7) is 8.93. The fourth-order valence-electron chi connectivity index (χ4n) is 0.893. The molecule has 0 aliphatic carbocycles. The fraction of sp³-hybridized carbons (Fsp3) is 0.889. The number of nitrogens with one attached hydrogen (secondary N) is 2. The van der Waals surface area contributed by atoms with Crippen LogP contribution in [0.3, 0.4) is 0 Å². The number of amides is 2. The van der Waals surface area contributed by atoms with Gasteiger partial charge >= 0.3 is 6.03 Å². The summed E-state index contributed by atoms with van der Waals surface area (Å²) in [7, 11) is 0. The van der Waals surface area contributed by atoms with E-state index in [4.69, 9.17) is 4.74 Å². The minimum atomic E-state index is -0.137. The number of carbonyl (C=O) groups excluding carboxylic acids is 1. The standard InChI is InChI=1S/C9H20N2O2/c1-5-13-8(4)6-10-9(12)11-7(2)3/h7-8H,5-6H2,1-4H3,(H2,10,11,12). The molecule has 1 atom stereocenters. The SMILES string of the molecule is CCOC(C)CNC(=O)NC(C)C. The Labute approximate surface area is 80.0 Å². The monoisotopic (exact) mass is 188 g/mol. The third-order valence-corrected chi connectivity index (χ3v) is 1.42. The van der Waals surface area contributed by atoms with Crippen molar-refractivity contribution in [1.82, 2.24) is 10.6 Å². The van der Waals surface area contributed by atoms with Crippen molar-refractivity contribution in [3.8, 4) is 0 Å². The van der Waals surface area contributed by atoms with E-state index < -0.39 is 0 Å². The lowest BCUT2D eigenvalue weighted by molar-refractivity contribution is 0.0775. The number of carbonyl (C=O) groups is 1. The van der Waals surface area contributed by atoms with Crippen molar-refractivity contribution in [3.63, 3.8) is 0 Å².